The topological polar surface area (TPSA) is 88.1 Å². The van der Waals surface area contributed by atoms with Gasteiger partial charge in [0.1, 0.15) is 29.4 Å². The van der Waals surface area contributed by atoms with Crippen LogP contribution in [0.1, 0.15) is 21.5 Å². The van der Waals surface area contributed by atoms with E-state index >= 15 is 0 Å². The molecule has 0 aliphatic carbocycles. The van der Waals surface area contributed by atoms with Crippen molar-refractivity contribution < 1.29 is 23.4 Å². The van der Waals surface area contributed by atoms with Crippen LogP contribution in [-0.2, 0) is 13.0 Å². The van der Waals surface area contributed by atoms with Gasteiger partial charge in [-0.15, -0.1) is 5.10 Å². The van der Waals surface area contributed by atoms with Gasteiger partial charge in [-0.3, -0.25) is 4.79 Å². The second kappa shape index (κ2) is 10.8. The molecule has 3 aromatic carbocycles. The molecule has 0 bridgehead atoms. The molecule has 6 rings (SSSR count). The van der Waals surface area contributed by atoms with Crippen LogP contribution in [0.5, 0.6) is 16.7 Å². The first-order valence-corrected chi connectivity index (χ1v) is 13.7. The van der Waals surface area contributed by atoms with Crippen molar-refractivity contribution in [2.75, 3.05) is 14.2 Å². The van der Waals surface area contributed by atoms with E-state index in [2.05, 4.69) is 10.1 Å². The van der Waals surface area contributed by atoms with Gasteiger partial charge in [-0.05, 0) is 40.7 Å². The van der Waals surface area contributed by atoms with Gasteiger partial charge in [0.25, 0.3) is 5.19 Å². The zero-order valence-electron chi connectivity index (χ0n) is 21.3. The average molecular weight is 594 g/mol. The Bertz CT molecular complexity index is 1850. The van der Waals surface area contributed by atoms with Gasteiger partial charge in [0.2, 0.25) is 4.96 Å². The molecule has 202 valence electrons. The molecule has 11 heteroatoms. The lowest BCUT2D eigenvalue weighted by atomic mass is 10.0. The number of hydrogen-bond acceptors (Lipinski definition) is 8. The monoisotopic (exact) mass is 593 g/mol. The number of Topliss-reactive ketones (excluding diaryl/α,β-unsaturated/α-hetero) is 1. The molecule has 0 spiro atoms. The van der Waals surface area contributed by atoms with Gasteiger partial charge in [-0.1, -0.05) is 53.5 Å². The quantitative estimate of drug-likeness (QED) is 0.160. The SMILES string of the molecule is COc1cc(OCc2cccc(CC(=O)c3cccc(Cl)c3Cl)c2)c2cc(-c3cn4nc(OC)sc4n3)oc2c1. The van der Waals surface area contributed by atoms with Crippen LogP contribution < -0.4 is 14.2 Å². The Morgan fingerprint density at radius 1 is 1.02 bits per heavy atom. The number of rotatable bonds is 9. The number of fused-ring (bicyclic) bond motifs is 2. The van der Waals surface area contributed by atoms with Crippen LogP contribution in [0.4, 0.5) is 0 Å². The summed E-state index contributed by atoms with van der Waals surface area (Å²) in [7, 11) is 3.16. The number of carbonyl (C=O) groups excluding carboxylic acids is 1. The Kier molecular flexibility index (Phi) is 7.10. The number of imidazole rings is 1. The Morgan fingerprint density at radius 2 is 1.85 bits per heavy atom. The van der Waals surface area contributed by atoms with E-state index in [-0.39, 0.29) is 23.8 Å². The number of aromatic nitrogens is 3. The molecule has 0 amide bonds. The Morgan fingerprint density at radius 3 is 2.65 bits per heavy atom. The largest absolute Gasteiger partial charge is 0.496 e. The minimum Gasteiger partial charge on any atom is -0.496 e. The van der Waals surface area contributed by atoms with E-state index in [0.717, 1.165) is 16.5 Å². The minimum absolute atomic E-state index is 0.112. The zero-order valence-corrected chi connectivity index (χ0v) is 23.6. The molecule has 0 N–H and O–H groups in total. The fraction of sp³-hybridized carbons (Fsp3) is 0.138. The van der Waals surface area contributed by atoms with E-state index in [1.54, 1.807) is 49.2 Å². The summed E-state index contributed by atoms with van der Waals surface area (Å²) in [5.74, 6) is 1.65. The lowest BCUT2D eigenvalue weighted by Gasteiger charge is -2.10. The van der Waals surface area contributed by atoms with Gasteiger partial charge in [-0.2, -0.15) is 0 Å². The van der Waals surface area contributed by atoms with Crippen molar-refractivity contribution in [3.8, 4) is 28.1 Å². The summed E-state index contributed by atoms with van der Waals surface area (Å²) in [5, 5.41) is 6.24. The van der Waals surface area contributed by atoms with Crippen LogP contribution in [0.25, 0.3) is 27.4 Å². The molecule has 8 nitrogen and oxygen atoms in total. The predicted molar refractivity (Wildman–Crippen MR) is 154 cm³/mol. The molecule has 0 radical (unpaired) electrons. The van der Waals surface area contributed by atoms with E-state index in [4.69, 9.17) is 41.8 Å². The zero-order chi connectivity index (χ0) is 27.8. The molecule has 0 aliphatic heterocycles. The summed E-state index contributed by atoms with van der Waals surface area (Å²) in [6.07, 6.45) is 1.97. The van der Waals surface area contributed by atoms with Crippen molar-refractivity contribution >= 4 is 56.3 Å². The van der Waals surface area contributed by atoms with Crippen LogP contribution in [-0.4, -0.2) is 34.6 Å². The van der Waals surface area contributed by atoms with Crippen LogP contribution in [0.3, 0.4) is 0 Å². The van der Waals surface area contributed by atoms with E-state index in [9.17, 15) is 4.79 Å². The molecule has 0 fully saturated rings. The summed E-state index contributed by atoms with van der Waals surface area (Å²) in [6.45, 7) is 0.270. The first-order valence-electron chi connectivity index (χ1n) is 12.1. The van der Waals surface area contributed by atoms with Crippen molar-refractivity contribution in [2.45, 2.75) is 13.0 Å². The normalized spacial score (nSPS) is 11.3. The highest BCUT2D eigenvalue weighted by Gasteiger charge is 2.18. The third-order valence-corrected chi connectivity index (χ3v) is 7.97. The van der Waals surface area contributed by atoms with E-state index in [1.165, 1.54) is 11.3 Å². The number of ketones is 1. The molecule has 3 heterocycles. The fourth-order valence-electron chi connectivity index (χ4n) is 4.32. The first kappa shape index (κ1) is 26.2. The standard InChI is InChI=1S/C29H21Cl2N3O5S/c1-36-18-11-24(20-13-26(39-25(20)12-18)22-14-34-28(32-22)40-29(33-34)37-2)38-15-17-6-3-5-16(9-17)10-23(35)19-7-4-8-21(30)27(19)31/h3-9,11-14H,10,15H2,1-2H3. The predicted octanol–water partition coefficient (Wildman–Crippen LogP) is 7.53. The number of halogens is 2. The molecule has 3 aromatic heterocycles. The second-order valence-corrected chi connectivity index (χ2v) is 10.6. The third-order valence-electron chi connectivity index (χ3n) is 6.26. The lowest BCUT2D eigenvalue weighted by molar-refractivity contribution is 0.0993. The summed E-state index contributed by atoms with van der Waals surface area (Å²) < 4.78 is 24.7. The minimum atomic E-state index is -0.112. The summed E-state index contributed by atoms with van der Waals surface area (Å²) in [4.78, 5) is 18.2. The van der Waals surface area contributed by atoms with E-state index in [1.807, 2.05) is 36.4 Å². The van der Waals surface area contributed by atoms with Crippen molar-refractivity contribution in [3.05, 3.63) is 93.6 Å². The van der Waals surface area contributed by atoms with Crippen molar-refractivity contribution in [3.63, 3.8) is 0 Å². The van der Waals surface area contributed by atoms with E-state index in [0.29, 0.717) is 49.3 Å². The molecular formula is C29H21Cl2N3O5S. The van der Waals surface area contributed by atoms with Crippen molar-refractivity contribution in [1.82, 2.24) is 14.6 Å². The number of hydrogen-bond donors (Lipinski definition) is 0. The summed E-state index contributed by atoms with van der Waals surface area (Å²) in [6, 6.07) is 18.2. The Balaban J connectivity index is 1.23. The van der Waals surface area contributed by atoms with Crippen molar-refractivity contribution in [2.24, 2.45) is 0 Å². The van der Waals surface area contributed by atoms with Gasteiger partial charge in [0.05, 0.1) is 35.8 Å². The van der Waals surface area contributed by atoms with Gasteiger partial charge < -0.3 is 18.6 Å². The molecular weight excluding hydrogens is 573 g/mol. The highest BCUT2D eigenvalue weighted by Crippen LogP contribution is 2.37. The Hall–Kier alpha value is -4.05. The molecule has 0 aliphatic rings. The molecule has 0 saturated carbocycles. The number of methoxy groups -OCH3 is 2. The molecule has 0 unspecified atom stereocenters. The maximum atomic E-state index is 12.9. The number of benzene rings is 3. The van der Waals surface area contributed by atoms with Crippen LogP contribution in [0, 0.1) is 0 Å². The van der Waals surface area contributed by atoms with Crippen LogP contribution in [0.2, 0.25) is 10.0 Å². The van der Waals surface area contributed by atoms with Gasteiger partial charge in [0.15, 0.2) is 11.5 Å². The average Bonchev–Trinajstić information content (AvgIpc) is 3.66. The number of ether oxygens (including phenoxy) is 3. The summed E-state index contributed by atoms with van der Waals surface area (Å²) >= 11 is 13.7. The fourth-order valence-corrected chi connectivity index (χ4v) is 5.42. The number of furan rings is 1. The number of carbonyl (C=O) groups is 1. The van der Waals surface area contributed by atoms with Gasteiger partial charge in [-0.25, -0.2) is 9.50 Å². The van der Waals surface area contributed by atoms with Crippen LogP contribution >= 0.6 is 34.5 Å². The maximum absolute atomic E-state index is 12.9. The second-order valence-electron chi connectivity index (χ2n) is 8.88. The van der Waals surface area contributed by atoms with E-state index < -0.39 is 0 Å². The van der Waals surface area contributed by atoms with Crippen LogP contribution in [0.15, 0.2) is 71.3 Å². The molecule has 0 atom stereocenters. The third kappa shape index (κ3) is 5.11. The molecule has 6 aromatic rings. The smallest absolute Gasteiger partial charge is 0.294 e. The lowest BCUT2D eigenvalue weighted by Crippen LogP contribution is -2.05. The first-order chi connectivity index (χ1) is 19.4. The number of nitrogens with zero attached hydrogens (tertiary/aromatic N) is 3. The van der Waals surface area contributed by atoms with Crippen molar-refractivity contribution in [1.29, 1.82) is 0 Å². The molecule has 40 heavy (non-hydrogen) atoms. The summed E-state index contributed by atoms with van der Waals surface area (Å²) in [5.41, 5.74) is 3.38. The Labute approximate surface area is 242 Å². The maximum Gasteiger partial charge on any atom is 0.294 e. The highest BCUT2D eigenvalue weighted by molar-refractivity contribution is 7.18. The van der Waals surface area contributed by atoms with Gasteiger partial charge >= 0.3 is 0 Å². The van der Waals surface area contributed by atoms with Gasteiger partial charge in [0, 0.05) is 24.1 Å². The molecule has 0 saturated heterocycles. The highest BCUT2D eigenvalue weighted by atomic mass is 35.5.